The van der Waals surface area contributed by atoms with Crippen LogP contribution in [0.5, 0.6) is 0 Å². The van der Waals surface area contributed by atoms with Crippen LogP contribution in [-0.4, -0.2) is 76.6 Å². The molecule has 0 radical (unpaired) electrons. The predicted molar refractivity (Wildman–Crippen MR) is 89.4 cm³/mol. The standard InChI is InChI=1S/C16H32N4O2/c1-13(11-22-15-6-8-21-12-15)19-16(17-2)18-9-14-5-4-7-20(3)10-14/h13-15H,4-12H2,1-3H3,(H2,17,18,19). The van der Waals surface area contributed by atoms with Crippen molar-refractivity contribution in [3.63, 3.8) is 0 Å². The molecule has 22 heavy (non-hydrogen) atoms. The molecule has 2 aliphatic rings. The highest BCUT2D eigenvalue weighted by molar-refractivity contribution is 5.79. The molecule has 128 valence electrons. The Kier molecular flexibility index (Phi) is 7.42. The summed E-state index contributed by atoms with van der Waals surface area (Å²) >= 11 is 0. The average molecular weight is 312 g/mol. The second-order valence-electron chi connectivity index (χ2n) is 6.59. The van der Waals surface area contributed by atoms with Gasteiger partial charge in [0.2, 0.25) is 0 Å². The zero-order valence-corrected chi connectivity index (χ0v) is 14.3. The molecule has 2 aliphatic heterocycles. The Bertz CT molecular complexity index is 345. The van der Waals surface area contributed by atoms with Gasteiger partial charge in [-0.2, -0.15) is 0 Å². The van der Waals surface area contributed by atoms with Crippen molar-refractivity contribution in [2.45, 2.75) is 38.3 Å². The number of piperidine rings is 1. The molecule has 0 bridgehead atoms. The fourth-order valence-electron chi connectivity index (χ4n) is 3.08. The van der Waals surface area contributed by atoms with Crippen LogP contribution in [0.4, 0.5) is 0 Å². The van der Waals surface area contributed by atoms with Crippen LogP contribution in [-0.2, 0) is 9.47 Å². The fourth-order valence-corrected chi connectivity index (χ4v) is 3.08. The third kappa shape index (κ3) is 6.10. The van der Waals surface area contributed by atoms with Gasteiger partial charge >= 0.3 is 0 Å². The molecule has 0 aromatic carbocycles. The molecular weight excluding hydrogens is 280 g/mol. The van der Waals surface area contributed by atoms with Gasteiger partial charge in [-0.05, 0) is 45.7 Å². The number of hydrogen-bond donors (Lipinski definition) is 2. The topological polar surface area (TPSA) is 58.1 Å². The maximum atomic E-state index is 5.84. The molecule has 2 heterocycles. The third-order valence-electron chi connectivity index (χ3n) is 4.36. The van der Waals surface area contributed by atoms with Crippen LogP contribution in [0.3, 0.4) is 0 Å². The zero-order chi connectivity index (χ0) is 15.8. The van der Waals surface area contributed by atoms with Crippen molar-refractivity contribution in [1.82, 2.24) is 15.5 Å². The van der Waals surface area contributed by atoms with E-state index in [1.165, 1.54) is 25.9 Å². The molecular formula is C16H32N4O2. The van der Waals surface area contributed by atoms with Gasteiger partial charge in [0, 0.05) is 32.8 Å². The van der Waals surface area contributed by atoms with Gasteiger partial charge in [0.15, 0.2) is 5.96 Å². The van der Waals surface area contributed by atoms with Gasteiger partial charge in [-0.3, -0.25) is 4.99 Å². The Hall–Kier alpha value is -0.850. The van der Waals surface area contributed by atoms with E-state index in [2.05, 4.69) is 34.5 Å². The van der Waals surface area contributed by atoms with Crippen LogP contribution in [0.25, 0.3) is 0 Å². The Morgan fingerprint density at radius 1 is 1.45 bits per heavy atom. The Labute approximate surface area is 134 Å². The first kappa shape index (κ1) is 17.5. The molecule has 3 unspecified atom stereocenters. The van der Waals surface area contributed by atoms with Crippen LogP contribution >= 0.6 is 0 Å². The first-order valence-corrected chi connectivity index (χ1v) is 8.52. The lowest BCUT2D eigenvalue weighted by Crippen LogP contribution is -2.47. The smallest absolute Gasteiger partial charge is 0.191 e. The van der Waals surface area contributed by atoms with Gasteiger partial charge in [-0.25, -0.2) is 0 Å². The molecule has 0 amide bonds. The molecule has 2 fully saturated rings. The Balaban J connectivity index is 1.63. The molecule has 2 N–H and O–H groups in total. The minimum atomic E-state index is 0.237. The number of nitrogens with one attached hydrogen (secondary N) is 2. The summed E-state index contributed by atoms with van der Waals surface area (Å²) in [6, 6.07) is 0.237. The van der Waals surface area contributed by atoms with Crippen molar-refractivity contribution < 1.29 is 9.47 Å². The van der Waals surface area contributed by atoms with Crippen molar-refractivity contribution >= 4 is 5.96 Å². The lowest BCUT2D eigenvalue weighted by molar-refractivity contribution is 0.0347. The molecule has 0 aromatic heterocycles. The predicted octanol–water partition coefficient (Wildman–Crippen LogP) is 0.687. The van der Waals surface area contributed by atoms with Gasteiger partial charge in [0.1, 0.15) is 0 Å². The molecule has 0 spiro atoms. The number of likely N-dealkylation sites (tertiary alicyclic amines) is 1. The largest absolute Gasteiger partial charge is 0.379 e. The van der Waals surface area contributed by atoms with Crippen molar-refractivity contribution in [1.29, 1.82) is 0 Å². The first-order chi connectivity index (χ1) is 10.7. The molecule has 2 saturated heterocycles. The van der Waals surface area contributed by atoms with Crippen LogP contribution in [0.2, 0.25) is 0 Å². The summed E-state index contributed by atoms with van der Waals surface area (Å²) in [5.41, 5.74) is 0. The SMILES string of the molecule is CN=C(NCC1CCCN(C)C1)NC(C)COC1CCOC1. The lowest BCUT2D eigenvalue weighted by Gasteiger charge is -2.30. The first-order valence-electron chi connectivity index (χ1n) is 8.52. The van der Waals surface area contributed by atoms with Crippen molar-refractivity contribution in [2.24, 2.45) is 10.9 Å². The highest BCUT2D eigenvalue weighted by Crippen LogP contribution is 2.13. The van der Waals surface area contributed by atoms with E-state index >= 15 is 0 Å². The molecule has 0 aromatic rings. The second kappa shape index (κ2) is 9.33. The van der Waals surface area contributed by atoms with E-state index < -0.39 is 0 Å². The highest BCUT2D eigenvalue weighted by Gasteiger charge is 2.19. The summed E-state index contributed by atoms with van der Waals surface area (Å²) in [6.07, 6.45) is 3.86. The monoisotopic (exact) mass is 312 g/mol. The summed E-state index contributed by atoms with van der Waals surface area (Å²) in [5, 5.41) is 6.85. The number of ether oxygens (including phenoxy) is 2. The molecule has 3 atom stereocenters. The number of aliphatic imine (C=N–C) groups is 1. The Morgan fingerprint density at radius 3 is 3.00 bits per heavy atom. The van der Waals surface area contributed by atoms with Gasteiger partial charge in [0.05, 0.1) is 19.3 Å². The number of nitrogens with zero attached hydrogens (tertiary/aromatic N) is 2. The molecule has 0 saturated carbocycles. The van der Waals surface area contributed by atoms with E-state index in [0.29, 0.717) is 12.5 Å². The highest BCUT2D eigenvalue weighted by atomic mass is 16.5. The third-order valence-corrected chi connectivity index (χ3v) is 4.36. The summed E-state index contributed by atoms with van der Waals surface area (Å²) in [7, 11) is 4.02. The van der Waals surface area contributed by atoms with E-state index in [1.54, 1.807) is 0 Å². The van der Waals surface area contributed by atoms with Gasteiger partial charge in [-0.1, -0.05) is 0 Å². The van der Waals surface area contributed by atoms with Gasteiger partial charge in [0.25, 0.3) is 0 Å². The summed E-state index contributed by atoms with van der Waals surface area (Å²) < 4.78 is 11.2. The summed E-state index contributed by atoms with van der Waals surface area (Å²) in [4.78, 5) is 6.72. The second-order valence-corrected chi connectivity index (χ2v) is 6.59. The van der Waals surface area contributed by atoms with Crippen LogP contribution in [0.1, 0.15) is 26.2 Å². The Morgan fingerprint density at radius 2 is 2.32 bits per heavy atom. The zero-order valence-electron chi connectivity index (χ0n) is 14.3. The maximum Gasteiger partial charge on any atom is 0.191 e. The van der Waals surface area contributed by atoms with Crippen molar-refractivity contribution in [2.75, 3.05) is 53.6 Å². The van der Waals surface area contributed by atoms with Gasteiger partial charge < -0.3 is 25.0 Å². The van der Waals surface area contributed by atoms with E-state index in [4.69, 9.17) is 9.47 Å². The summed E-state index contributed by atoms with van der Waals surface area (Å²) in [6.45, 7) is 7.74. The minimum Gasteiger partial charge on any atom is -0.379 e. The minimum absolute atomic E-state index is 0.237. The van der Waals surface area contributed by atoms with Crippen LogP contribution < -0.4 is 10.6 Å². The van der Waals surface area contributed by atoms with Crippen LogP contribution in [0.15, 0.2) is 4.99 Å². The summed E-state index contributed by atoms with van der Waals surface area (Å²) in [5.74, 6) is 1.58. The number of hydrogen-bond acceptors (Lipinski definition) is 4. The van der Waals surface area contributed by atoms with E-state index in [9.17, 15) is 0 Å². The van der Waals surface area contributed by atoms with Gasteiger partial charge in [-0.15, -0.1) is 0 Å². The average Bonchev–Trinajstić information content (AvgIpc) is 3.03. The van der Waals surface area contributed by atoms with E-state index in [1.807, 2.05) is 7.05 Å². The molecule has 6 heteroatoms. The van der Waals surface area contributed by atoms with Crippen molar-refractivity contribution in [3.8, 4) is 0 Å². The van der Waals surface area contributed by atoms with E-state index in [-0.39, 0.29) is 12.1 Å². The maximum absolute atomic E-state index is 5.84. The molecule has 6 nitrogen and oxygen atoms in total. The van der Waals surface area contributed by atoms with E-state index in [0.717, 1.165) is 32.1 Å². The molecule has 2 rings (SSSR count). The molecule has 0 aliphatic carbocycles. The lowest BCUT2D eigenvalue weighted by atomic mass is 9.99. The fraction of sp³-hybridized carbons (Fsp3) is 0.938. The van der Waals surface area contributed by atoms with Crippen LogP contribution in [0, 0.1) is 5.92 Å². The number of rotatable bonds is 6. The normalized spacial score (nSPS) is 28.6. The van der Waals surface area contributed by atoms with Crippen molar-refractivity contribution in [3.05, 3.63) is 0 Å². The number of guanidine groups is 1. The quantitative estimate of drug-likeness (QED) is 0.558.